The van der Waals surface area contributed by atoms with Crippen molar-refractivity contribution in [3.63, 3.8) is 0 Å². The van der Waals surface area contributed by atoms with Gasteiger partial charge in [-0.05, 0) is 24.1 Å². The molecule has 0 fully saturated rings. The van der Waals surface area contributed by atoms with E-state index < -0.39 is 0 Å². The topological polar surface area (TPSA) is 43.0 Å². The first-order chi connectivity index (χ1) is 8.20. The van der Waals surface area contributed by atoms with Crippen LogP contribution >= 0.6 is 0 Å². The van der Waals surface area contributed by atoms with Crippen LogP contribution in [0.25, 0.3) is 0 Å². The molecular formula is C13H19N3O. The number of aliphatic hydroxyl groups is 1. The number of aliphatic hydroxyl groups excluding tert-OH is 1. The van der Waals surface area contributed by atoms with E-state index >= 15 is 0 Å². The summed E-state index contributed by atoms with van der Waals surface area (Å²) in [4.78, 5) is 0. The van der Waals surface area contributed by atoms with Crippen molar-refractivity contribution in [1.29, 1.82) is 0 Å². The van der Waals surface area contributed by atoms with Gasteiger partial charge in [-0.2, -0.15) is 5.10 Å². The van der Waals surface area contributed by atoms with Crippen LogP contribution in [0.5, 0.6) is 0 Å². The highest BCUT2D eigenvalue weighted by atomic mass is 16.3. The Hall–Kier alpha value is -1.55. The van der Waals surface area contributed by atoms with Crippen LogP contribution < -0.4 is 0 Å². The molecule has 0 saturated heterocycles. The SMILES string of the molecule is CCC(O)c1ccn(CCc2ccnn2C)c1. The largest absolute Gasteiger partial charge is 0.388 e. The van der Waals surface area contributed by atoms with Crippen molar-refractivity contribution in [3.8, 4) is 0 Å². The van der Waals surface area contributed by atoms with Gasteiger partial charge in [-0.1, -0.05) is 6.92 Å². The zero-order valence-corrected chi connectivity index (χ0v) is 10.4. The van der Waals surface area contributed by atoms with Gasteiger partial charge in [0, 0.05) is 44.3 Å². The van der Waals surface area contributed by atoms with Gasteiger partial charge in [0.1, 0.15) is 0 Å². The third kappa shape index (κ3) is 2.77. The third-order valence-electron chi connectivity index (χ3n) is 3.09. The maximum Gasteiger partial charge on any atom is 0.0802 e. The van der Waals surface area contributed by atoms with Gasteiger partial charge < -0.3 is 9.67 Å². The Labute approximate surface area is 101 Å². The first-order valence-corrected chi connectivity index (χ1v) is 6.01. The van der Waals surface area contributed by atoms with Gasteiger partial charge in [-0.3, -0.25) is 4.68 Å². The molecule has 0 aliphatic heterocycles. The van der Waals surface area contributed by atoms with Crippen LogP contribution in [0, 0.1) is 0 Å². The summed E-state index contributed by atoms with van der Waals surface area (Å²) in [5.41, 5.74) is 2.22. The van der Waals surface area contributed by atoms with E-state index in [2.05, 4.69) is 9.67 Å². The molecule has 0 bridgehead atoms. The minimum atomic E-state index is -0.340. The van der Waals surface area contributed by atoms with Gasteiger partial charge in [0.2, 0.25) is 0 Å². The van der Waals surface area contributed by atoms with Crippen LogP contribution in [0.15, 0.2) is 30.7 Å². The highest BCUT2D eigenvalue weighted by Gasteiger charge is 2.06. The zero-order chi connectivity index (χ0) is 12.3. The van der Waals surface area contributed by atoms with Crippen molar-refractivity contribution in [2.24, 2.45) is 7.05 Å². The molecule has 17 heavy (non-hydrogen) atoms. The van der Waals surface area contributed by atoms with Gasteiger partial charge >= 0.3 is 0 Å². The first kappa shape index (κ1) is 11.9. The summed E-state index contributed by atoms with van der Waals surface area (Å²) < 4.78 is 4.01. The molecular weight excluding hydrogens is 214 g/mol. The summed E-state index contributed by atoms with van der Waals surface area (Å²) in [6, 6.07) is 4.02. The smallest absolute Gasteiger partial charge is 0.0802 e. The lowest BCUT2D eigenvalue weighted by Crippen LogP contribution is -2.04. The standard InChI is InChI=1S/C13H19N3O/c1-3-13(17)11-5-8-16(10-11)9-6-12-4-7-14-15(12)2/h4-5,7-8,10,13,17H,3,6,9H2,1-2H3. The van der Waals surface area contributed by atoms with Gasteiger partial charge in [0.25, 0.3) is 0 Å². The number of aryl methyl sites for hydroxylation is 3. The van der Waals surface area contributed by atoms with E-state index in [1.807, 2.05) is 49.4 Å². The predicted octanol–water partition coefficient (Wildman–Crippen LogP) is 1.91. The number of aromatic nitrogens is 3. The van der Waals surface area contributed by atoms with E-state index in [9.17, 15) is 5.11 Å². The van der Waals surface area contributed by atoms with Crippen molar-refractivity contribution in [2.45, 2.75) is 32.4 Å². The van der Waals surface area contributed by atoms with Gasteiger partial charge in [-0.25, -0.2) is 0 Å². The van der Waals surface area contributed by atoms with Crippen LogP contribution in [-0.2, 0) is 20.0 Å². The van der Waals surface area contributed by atoms with E-state index in [0.29, 0.717) is 0 Å². The molecule has 0 amide bonds. The average Bonchev–Trinajstić information content (AvgIpc) is 2.94. The lowest BCUT2D eigenvalue weighted by atomic mass is 10.1. The van der Waals surface area contributed by atoms with E-state index in [0.717, 1.165) is 24.9 Å². The summed E-state index contributed by atoms with van der Waals surface area (Å²) in [5, 5.41) is 13.9. The van der Waals surface area contributed by atoms with Crippen LogP contribution in [0.3, 0.4) is 0 Å². The molecule has 1 unspecified atom stereocenters. The van der Waals surface area contributed by atoms with Crippen LogP contribution in [0.2, 0.25) is 0 Å². The summed E-state index contributed by atoms with van der Waals surface area (Å²) in [6.45, 7) is 2.90. The van der Waals surface area contributed by atoms with E-state index in [-0.39, 0.29) is 6.10 Å². The van der Waals surface area contributed by atoms with Crippen molar-refractivity contribution in [3.05, 3.63) is 42.0 Å². The lowest BCUT2D eigenvalue weighted by Gasteiger charge is -2.05. The minimum Gasteiger partial charge on any atom is -0.388 e. The summed E-state index contributed by atoms with van der Waals surface area (Å²) in [7, 11) is 1.96. The Morgan fingerprint density at radius 1 is 1.41 bits per heavy atom. The minimum absolute atomic E-state index is 0.340. The molecule has 4 heteroatoms. The quantitative estimate of drug-likeness (QED) is 0.857. The summed E-state index contributed by atoms with van der Waals surface area (Å²) in [6.07, 6.45) is 7.22. The highest BCUT2D eigenvalue weighted by molar-refractivity contribution is 5.13. The van der Waals surface area contributed by atoms with E-state index in [4.69, 9.17) is 0 Å². The normalized spacial score (nSPS) is 12.9. The molecule has 0 aliphatic carbocycles. The monoisotopic (exact) mass is 233 g/mol. The molecule has 4 nitrogen and oxygen atoms in total. The average molecular weight is 233 g/mol. The fourth-order valence-electron chi connectivity index (χ4n) is 1.92. The second-order valence-corrected chi connectivity index (χ2v) is 4.30. The second kappa shape index (κ2) is 5.19. The maximum atomic E-state index is 9.71. The molecule has 92 valence electrons. The number of hydrogen-bond donors (Lipinski definition) is 1. The van der Waals surface area contributed by atoms with Crippen LogP contribution in [0.1, 0.15) is 30.7 Å². The molecule has 1 atom stereocenters. The van der Waals surface area contributed by atoms with Crippen molar-refractivity contribution in [2.75, 3.05) is 0 Å². The van der Waals surface area contributed by atoms with Crippen LogP contribution in [-0.4, -0.2) is 19.5 Å². The van der Waals surface area contributed by atoms with Gasteiger partial charge in [0.15, 0.2) is 0 Å². The summed E-state index contributed by atoms with van der Waals surface area (Å²) in [5.74, 6) is 0. The second-order valence-electron chi connectivity index (χ2n) is 4.30. The van der Waals surface area contributed by atoms with E-state index in [1.54, 1.807) is 0 Å². The molecule has 0 radical (unpaired) electrons. The highest BCUT2D eigenvalue weighted by Crippen LogP contribution is 2.16. The van der Waals surface area contributed by atoms with Crippen molar-refractivity contribution < 1.29 is 5.11 Å². The Bertz CT molecular complexity index is 472. The number of rotatable bonds is 5. The molecule has 0 spiro atoms. The molecule has 2 rings (SSSR count). The van der Waals surface area contributed by atoms with Crippen molar-refractivity contribution >= 4 is 0 Å². The molecule has 0 saturated carbocycles. The first-order valence-electron chi connectivity index (χ1n) is 6.01. The fraction of sp³-hybridized carbons (Fsp3) is 0.462. The summed E-state index contributed by atoms with van der Waals surface area (Å²) >= 11 is 0. The fourth-order valence-corrected chi connectivity index (χ4v) is 1.92. The molecule has 0 aromatic carbocycles. The Balaban J connectivity index is 1.96. The Morgan fingerprint density at radius 3 is 2.88 bits per heavy atom. The molecule has 0 aliphatic rings. The Kier molecular flexibility index (Phi) is 3.64. The Morgan fingerprint density at radius 2 is 2.24 bits per heavy atom. The zero-order valence-electron chi connectivity index (χ0n) is 10.4. The molecule has 2 aromatic rings. The molecule has 2 aromatic heterocycles. The maximum absolute atomic E-state index is 9.71. The number of nitrogens with zero attached hydrogens (tertiary/aromatic N) is 3. The third-order valence-corrected chi connectivity index (χ3v) is 3.09. The lowest BCUT2D eigenvalue weighted by molar-refractivity contribution is 0.173. The number of hydrogen-bond acceptors (Lipinski definition) is 2. The van der Waals surface area contributed by atoms with E-state index in [1.165, 1.54) is 5.69 Å². The molecule has 1 N–H and O–H groups in total. The molecule has 2 heterocycles. The van der Waals surface area contributed by atoms with Crippen molar-refractivity contribution in [1.82, 2.24) is 14.3 Å². The van der Waals surface area contributed by atoms with Crippen LogP contribution in [0.4, 0.5) is 0 Å². The van der Waals surface area contributed by atoms with Gasteiger partial charge in [-0.15, -0.1) is 0 Å². The predicted molar refractivity (Wildman–Crippen MR) is 66.6 cm³/mol. The van der Waals surface area contributed by atoms with Gasteiger partial charge in [0.05, 0.1) is 6.10 Å².